The molecule has 1 atom stereocenters. The molecule has 1 aromatic heterocycles. The molecule has 1 saturated heterocycles. The Hall–Kier alpha value is -1.49. The van der Waals surface area contributed by atoms with Crippen molar-refractivity contribution in [2.75, 3.05) is 13.2 Å². The van der Waals surface area contributed by atoms with E-state index in [1.165, 1.54) is 19.2 Å². The Labute approximate surface area is 119 Å². The van der Waals surface area contributed by atoms with E-state index in [1.54, 1.807) is 12.4 Å². The molecule has 1 amide bonds. The molecule has 0 aromatic carbocycles. The molecule has 0 radical (unpaired) electrons. The fourth-order valence-corrected chi connectivity index (χ4v) is 3.59. The average molecular weight is 275 g/mol. The number of ether oxygens (including phenoxy) is 1. The van der Waals surface area contributed by atoms with Gasteiger partial charge >= 0.3 is 0 Å². The van der Waals surface area contributed by atoms with Gasteiger partial charge in [0.2, 0.25) is 5.91 Å². The van der Waals surface area contributed by atoms with Crippen LogP contribution in [0.2, 0.25) is 0 Å². The first-order chi connectivity index (χ1) is 9.78. The molecule has 1 aliphatic carbocycles. The van der Waals surface area contributed by atoms with Crippen LogP contribution in [-0.2, 0) is 16.0 Å². The van der Waals surface area contributed by atoms with E-state index < -0.39 is 0 Å². The van der Waals surface area contributed by atoms with Crippen molar-refractivity contribution < 1.29 is 9.53 Å². The normalized spacial score (nSPS) is 24.7. The number of aromatic nitrogens is 2. The number of rotatable bonds is 3. The Morgan fingerprint density at radius 1 is 1.30 bits per heavy atom. The summed E-state index contributed by atoms with van der Waals surface area (Å²) in [6, 6.07) is 0.309. The highest BCUT2D eigenvalue weighted by atomic mass is 16.5. The molecule has 1 saturated carbocycles. The van der Waals surface area contributed by atoms with Gasteiger partial charge in [-0.3, -0.25) is 4.79 Å². The Kier molecular flexibility index (Phi) is 3.96. The predicted molar refractivity (Wildman–Crippen MR) is 74.0 cm³/mol. The summed E-state index contributed by atoms with van der Waals surface area (Å²) in [5, 5.41) is 3.24. The summed E-state index contributed by atoms with van der Waals surface area (Å²) < 4.78 is 5.48. The van der Waals surface area contributed by atoms with Crippen LogP contribution in [0.3, 0.4) is 0 Å². The van der Waals surface area contributed by atoms with Gasteiger partial charge in [-0.15, -0.1) is 0 Å². The highest BCUT2D eigenvalue weighted by molar-refractivity contribution is 5.78. The first-order valence-corrected chi connectivity index (χ1v) is 7.39. The van der Waals surface area contributed by atoms with E-state index in [1.807, 2.05) is 0 Å². The van der Waals surface area contributed by atoms with Gasteiger partial charge in [-0.1, -0.05) is 6.42 Å². The largest absolute Gasteiger partial charge is 0.381 e. The van der Waals surface area contributed by atoms with Crippen molar-refractivity contribution in [3.8, 4) is 0 Å². The topological polar surface area (TPSA) is 64.1 Å². The zero-order valence-corrected chi connectivity index (χ0v) is 11.7. The van der Waals surface area contributed by atoms with Gasteiger partial charge in [0.05, 0.1) is 6.42 Å². The van der Waals surface area contributed by atoms with Crippen molar-refractivity contribution >= 4 is 5.91 Å². The maximum absolute atomic E-state index is 12.2. The molecule has 2 fully saturated rings. The van der Waals surface area contributed by atoms with Crippen LogP contribution in [0.5, 0.6) is 0 Å². The van der Waals surface area contributed by atoms with Gasteiger partial charge in [-0.05, 0) is 36.7 Å². The third-order valence-corrected chi connectivity index (χ3v) is 4.71. The second-order valence-electron chi connectivity index (χ2n) is 5.91. The molecular weight excluding hydrogens is 254 g/mol. The van der Waals surface area contributed by atoms with Crippen LogP contribution in [0.1, 0.15) is 37.7 Å². The maximum atomic E-state index is 12.2. The Bertz CT molecular complexity index is 457. The lowest BCUT2D eigenvalue weighted by Gasteiger charge is -2.39. The van der Waals surface area contributed by atoms with Gasteiger partial charge in [0, 0.05) is 31.6 Å². The minimum Gasteiger partial charge on any atom is -0.381 e. The second kappa shape index (κ2) is 5.87. The van der Waals surface area contributed by atoms with Gasteiger partial charge in [0.15, 0.2) is 0 Å². The van der Waals surface area contributed by atoms with Crippen LogP contribution in [0.4, 0.5) is 0 Å². The zero-order chi connectivity index (χ0) is 13.8. The number of amides is 1. The maximum Gasteiger partial charge on any atom is 0.224 e. The Morgan fingerprint density at radius 2 is 2.05 bits per heavy atom. The van der Waals surface area contributed by atoms with E-state index >= 15 is 0 Å². The number of carbonyl (C=O) groups excluding carboxylic acids is 1. The highest BCUT2D eigenvalue weighted by Gasteiger charge is 2.44. The van der Waals surface area contributed by atoms with Crippen LogP contribution in [0.25, 0.3) is 0 Å². The van der Waals surface area contributed by atoms with Crippen molar-refractivity contribution in [1.29, 1.82) is 0 Å². The van der Waals surface area contributed by atoms with E-state index in [0.29, 0.717) is 12.5 Å². The molecule has 20 heavy (non-hydrogen) atoms. The second-order valence-corrected chi connectivity index (χ2v) is 5.91. The first-order valence-electron chi connectivity index (χ1n) is 7.39. The standard InChI is InChI=1S/C15H21N3O2/c19-14(8-12-9-16-11-17-10-12)18-13-2-1-3-15(13)4-6-20-7-5-15/h9-11,13H,1-8H2,(H,18,19). The van der Waals surface area contributed by atoms with Crippen molar-refractivity contribution in [3.05, 3.63) is 24.3 Å². The summed E-state index contributed by atoms with van der Waals surface area (Å²) in [4.78, 5) is 20.1. The SMILES string of the molecule is O=C(Cc1cncnc1)NC1CCCC12CCOCC2. The molecule has 5 heteroatoms. The molecule has 1 unspecified atom stereocenters. The van der Waals surface area contributed by atoms with Crippen LogP contribution in [0.15, 0.2) is 18.7 Å². The van der Waals surface area contributed by atoms with Crippen LogP contribution in [0, 0.1) is 5.41 Å². The van der Waals surface area contributed by atoms with Gasteiger partial charge in [-0.2, -0.15) is 0 Å². The monoisotopic (exact) mass is 275 g/mol. The molecular formula is C15H21N3O2. The minimum atomic E-state index is 0.0811. The molecule has 1 aromatic rings. The average Bonchev–Trinajstić information content (AvgIpc) is 2.83. The number of hydrogen-bond donors (Lipinski definition) is 1. The van der Waals surface area contributed by atoms with Crippen molar-refractivity contribution in [3.63, 3.8) is 0 Å². The van der Waals surface area contributed by atoms with Gasteiger partial charge in [0.25, 0.3) is 0 Å². The molecule has 1 spiro atoms. The quantitative estimate of drug-likeness (QED) is 0.907. The van der Waals surface area contributed by atoms with Crippen LogP contribution < -0.4 is 5.32 Å². The van der Waals surface area contributed by atoms with E-state index in [0.717, 1.165) is 38.0 Å². The smallest absolute Gasteiger partial charge is 0.224 e. The molecule has 108 valence electrons. The van der Waals surface area contributed by atoms with Gasteiger partial charge in [0.1, 0.15) is 6.33 Å². The molecule has 2 aliphatic rings. The fourth-order valence-electron chi connectivity index (χ4n) is 3.59. The van der Waals surface area contributed by atoms with Gasteiger partial charge in [-0.25, -0.2) is 9.97 Å². The Balaban J connectivity index is 1.60. The summed E-state index contributed by atoms with van der Waals surface area (Å²) in [5.41, 5.74) is 1.14. The van der Waals surface area contributed by atoms with Crippen molar-refractivity contribution in [2.45, 2.75) is 44.6 Å². The molecule has 2 heterocycles. The highest BCUT2D eigenvalue weighted by Crippen LogP contribution is 2.45. The fraction of sp³-hybridized carbons (Fsp3) is 0.667. The van der Waals surface area contributed by atoms with Crippen LogP contribution >= 0.6 is 0 Å². The lowest BCUT2D eigenvalue weighted by molar-refractivity contribution is -0.122. The lowest BCUT2D eigenvalue weighted by atomic mass is 9.75. The molecule has 1 aliphatic heterocycles. The van der Waals surface area contributed by atoms with E-state index in [9.17, 15) is 4.79 Å². The zero-order valence-electron chi connectivity index (χ0n) is 11.7. The third-order valence-electron chi connectivity index (χ3n) is 4.71. The number of hydrogen-bond acceptors (Lipinski definition) is 4. The van der Waals surface area contributed by atoms with Crippen molar-refractivity contribution in [2.24, 2.45) is 5.41 Å². The number of nitrogens with one attached hydrogen (secondary N) is 1. The van der Waals surface area contributed by atoms with E-state index in [2.05, 4.69) is 15.3 Å². The van der Waals surface area contributed by atoms with E-state index in [4.69, 9.17) is 4.74 Å². The molecule has 1 N–H and O–H groups in total. The lowest BCUT2D eigenvalue weighted by Crippen LogP contribution is -2.47. The van der Waals surface area contributed by atoms with Crippen LogP contribution in [-0.4, -0.2) is 35.1 Å². The minimum absolute atomic E-state index is 0.0811. The summed E-state index contributed by atoms with van der Waals surface area (Å²) in [5.74, 6) is 0.0811. The first kappa shape index (κ1) is 13.5. The number of nitrogens with zero attached hydrogens (tertiary/aromatic N) is 2. The van der Waals surface area contributed by atoms with Crippen molar-refractivity contribution in [1.82, 2.24) is 15.3 Å². The summed E-state index contributed by atoms with van der Waals surface area (Å²) in [6.45, 7) is 1.66. The number of carbonyl (C=O) groups is 1. The molecule has 5 nitrogen and oxygen atoms in total. The van der Waals surface area contributed by atoms with Gasteiger partial charge < -0.3 is 10.1 Å². The predicted octanol–water partition coefficient (Wildman–Crippen LogP) is 1.48. The van der Waals surface area contributed by atoms with E-state index in [-0.39, 0.29) is 11.3 Å². The summed E-state index contributed by atoms with van der Waals surface area (Å²) in [7, 11) is 0. The Morgan fingerprint density at radius 3 is 2.80 bits per heavy atom. The summed E-state index contributed by atoms with van der Waals surface area (Å²) in [6.07, 6.45) is 10.9. The molecule has 0 bridgehead atoms. The molecule has 3 rings (SSSR count). The summed E-state index contributed by atoms with van der Waals surface area (Å²) >= 11 is 0. The third kappa shape index (κ3) is 2.82.